The standard InChI is InChI=1S/C12H9FN4O/c13-8-3-1-7(2-4-8)10-11(17-18-12(10)14)9-5-6-15-16-9/h1-6H,14H2,(H,15,16). The average molecular weight is 244 g/mol. The van der Waals surface area contributed by atoms with Gasteiger partial charge in [-0.05, 0) is 23.8 Å². The summed E-state index contributed by atoms with van der Waals surface area (Å²) in [4.78, 5) is 0. The molecule has 1 aromatic carbocycles. The largest absolute Gasteiger partial charge is 0.367 e. The maximum absolute atomic E-state index is 12.9. The molecule has 0 aliphatic rings. The van der Waals surface area contributed by atoms with E-state index in [1.807, 2.05) is 0 Å². The predicted molar refractivity (Wildman–Crippen MR) is 63.9 cm³/mol. The molecule has 0 atom stereocenters. The molecule has 3 rings (SSSR count). The van der Waals surface area contributed by atoms with E-state index in [9.17, 15) is 4.39 Å². The summed E-state index contributed by atoms with van der Waals surface area (Å²) in [5.74, 6) is -0.122. The van der Waals surface area contributed by atoms with Gasteiger partial charge in [0, 0.05) is 6.20 Å². The van der Waals surface area contributed by atoms with E-state index < -0.39 is 0 Å². The minimum absolute atomic E-state index is 0.186. The second-order valence-electron chi connectivity index (χ2n) is 3.75. The third kappa shape index (κ3) is 1.64. The first-order valence-electron chi connectivity index (χ1n) is 5.26. The van der Waals surface area contributed by atoms with Gasteiger partial charge in [0.2, 0.25) is 5.88 Å². The van der Waals surface area contributed by atoms with Crippen LogP contribution in [0.2, 0.25) is 0 Å². The molecule has 0 radical (unpaired) electrons. The lowest BCUT2D eigenvalue weighted by molar-refractivity contribution is 0.439. The highest BCUT2D eigenvalue weighted by molar-refractivity contribution is 5.85. The summed E-state index contributed by atoms with van der Waals surface area (Å²) in [5, 5.41) is 10.5. The van der Waals surface area contributed by atoms with Crippen LogP contribution < -0.4 is 5.73 Å². The molecule has 0 unspecified atom stereocenters. The van der Waals surface area contributed by atoms with E-state index in [2.05, 4.69) is 15.4 Å². The van der Waals surface area contributed by atoms with Crippen LogP contribution in [0, 0.1) is 5.82 Å². The van der Waals surface area contributed by atoms with Crippen molar-refractivity contribution in [1.82, 2.24) is 15.4 Å². The van der Waals surface area contributed by atoms with Gasteiger partial charge >= 0.3 is 0 Å². The number of benzene rings is 1. The van der Waals surface area contributed by atoms with Crippen molar-refractivity contribution in [3.05, 3.63) is 42.3 Å². The maximum Gasteiger partial charge on any atom is 0.230 e. The molecule has 2 heterocycles. The molecule has 0 spiro atoms. The summed E-state index contributed by atoms with van der Waals surface area (Å²) in [6.07, 6.45) is 1.61. The van der Waals surface area contributed by atoms with Gasteiger partial charge in [-0.25, -0.2) is 4.39 Å². The Kier molecular flexibility index (Phi) is 2.33. The summed E-state index contributed by atoms with van der Waals surface area (Å²) in [7, 11) is 0. The number of rotatable bonds is 2. The number of nitrogens with zero attached hydrogens (tertiary/aromatic N) is 2. The third-order valence-electron chi connectivity index (χ3n) is 2.61. The van der Waals surface area contributed by atoms with Crippen molar-refractivity contribution in [3.63, 3.8) is 0 Å². The molecule has 0 saturated heterocycles. The minimum Gasteiger partial charge on any atom is -0.367 e. The summed E-state index contributed by atoms with van der Waals surface area (Å²) in [6, 6.07) is 7.72. The Balaban J connectivity index is 2.17. The molecular weight excluding hydrogens is 235 g/mol. The quantitative estimate of drug-likeness (QED) is 0.725. The number of nitrogens with one attached hydrogen (secondary N) is 1. The lowest BCUT2D eigenvalue weighted by Gasteiger charge is -2.00. The van der Waals surface area contributed by atoms with Crippen molar-refractivity contribution in [2.75, 3.05) is 5.73 Å². The topological polar surface area (TPSA) is 80.7 Å². The molecule has 0 aliphatic heterocycles. The zero-order valence-electron chi connectivity index (χ0n) is 9.22. The Morgan fingerprint density at radius 3 is 2.61 bits per heavy atom. The fourth-order valence-electron chi connectivity index (χ4n) is 1.77. The molecule has 0 fully saturated rings. The Hall–Kier alpha value is -2.63. The van der Waals surface area contributed by atoms with Crippen molar-refractivity contribution in [1.29, 1.82) is 0 Å². The lowest BCUT2D eigenvalue weighted by Crippen LogP contribution is -1.88. The SMILES string of the molecule is Nc1onc(-c2ccn[nH]2)c1-c1ccc(F)cc1. The van der Waals surface area contributed by atoms with Crippen LogP contribution in [0.25, 0.3) is 22.5 Å². The minimum atomic E-state index is -0.308. The fraction of sp³-hybridized carbons (Fsp3) is 0. The molecule has 2 aromatic heterocycles. The van der Waals surface area contributed by atoms with Crippen molar-refractivity contribution in [2.45, 2.75) is 0 Å². The van der Waals surface area contributed by atoms with Gasteiger partial charge < -0.3 is 10.3 Å². The van der Waals surface area contributed by atoms with Gasteiger partial charge in [-0.1, -0.05) is 17.3 Å². The molecule has 0 aliphatic carbocycles. The van der Waals surface area contributed by atoms with Crippen LogP contribution in [0.5, 0.6) is 0 Å². The fourth-order valence-corrected chi connectivity index (χ4v) is 1.77. The van der Waals surface area contributed by atoms with E-state index in [0.717, 1.165) is 5.56 Å². The Morgan fingerprint density at radius 1 is 1.17 bits per heavy atom. The van der Waals surface area contributed by atoms with Crippen molar-refractivity contribution < 1.29 is 8.91 Å². The number of nitrogen functional groups attached to an aromatic ring is 1. The van der Waals surface area contributed by atoms with Crippen molar-refractivity contribution in [3.8, 4) is 22.5 Å². The Morgan fingerprint density at radius 2 is 1.94 bits per heavy atom. The molecule has 3 aromatic rings. The number of nitrogens with two attached hydrogens (primary N) is 1. The summed E-state index contributed by atoms with van der Waals surface area (Å²) < 4.78 is 17.9. The van der Waals surface area contributed by atoms with Gasteiger partial charge in [-0.3, -0.25) is 5.10 Å². The Labute approximate surface area is 101 Å². The molecule has 3 N–H and O–H groups in total. The predicted octanol–water partition coefficient (Wildman–Crippen LogP) is 2.45. The first kappa shape index (κ1) is 10.5. The number of halogens is 1. The molecular formula is C12H9FN4O. The van der Waals surface area contributed by atoms with Gasteiger partial charge in [0.05, 0.1) is 11.3 Å². The number of hydrogen-bond acceptors (Lipinski definition) is 4. The highest BCUT2D eigenvalue weighted by Gasteiger charge is 2.18. The number of hydrogen-bond donors (Lipinski definition) is 2. The summed E-state index contributed by atoms with van der Waals surface area (Å²) in [6.45, 7) is 0. The van der Waals surface area contributed by atoms with E-state index in [0.29, 0.717) is 17.0 Å². The lowest BCUT2D eigenvalue weighted by atomic mass is 10.0. The molecule has 0 amide bonds. The van der Waals surface area contributed by atoms with Crippen LogP contribution in [0.3, 0.4) is 0 Å². The van der Waals surface area contributed by atoms with Gasteiger partial charge in [-0.2, -0.15) is 5.10 Å². The monoisotopic (exact) mass is 244 g/mol. The highest BCUT2D eigenvalue weighted by Crippen LogP contribution is 2.35. The smallest absolute Gasteiger partial charge is 0.230 e. The first-order valence-corrected chi connectivity index (χ1v) is 5.26. The molecule has 18 heavy (non-hydrogen) atoms. The average Bonchev–Trinajstić information content (AvgIpc) is 2.99. The van der Waals surface area contributed by atoms with E-state index in [4.69, 9.17) is 10.3 Å². The van der Waals surface area contributed by atoms with E-state index in [-0.39, 0.29) is 11.7 Å². The van der Waals surface area contributed by atoms with Crippen molar-refractivity contribution >= 4 is 5.88 Å². The van der Waals surface area contributed by atoms with Crippen molar-refractivity contribution in [2.24, 2.45) is 0 Å². The summed E-state index contributed by atoms with van der Waals surface area (Å²) >= 11 is 0. The number of H-pyrrole nitrogens is 1. The second-order valence-corrected chi connectivity index (χ2v) is 3.75. The number of aromatic nitrogens is 3. The van der Waals surface area contributed by atoms with E-state index in [1.54, 1.807) is 24.4 Å². The molecule has 90 valence electrons. The summed E-state index contributed by atoms with van der Waals surface area (Å²) in [5.41, 5.74) is 8.36. The molecule has 6 heteroatoms. The number of aromatic amines is 1. The second kappa shape index (κ2) is 3.99. The highest BCUT2D eigenvalue weighted by atomic mass is 19.1. The molecule has 0 bridgehead atoms. The third-order valence-corrected chi connectivity index (χ3v) is 2.61. The molecule has 5 nitrogen and oxygen atoms in total. The Bertz CT molecular complexity index is 658. The van der Waals surface area contributed by atoms with Crippen LogP contribution in [0.4, 0.5) is 10.3 Å². The van der Waals surface area contributed by atoms with Crippen LogP contribution in [-0.2, 0) is 0 Å². The van der Waals surface area contributed by atoms with Crippen LogP contribution in [0.15, 0.2) is 41.1 Å². The molecule has 0 saturated carbocycles. The number of anilines is 1. The zero-order chi connectivity index (χ0) is 12.5. The van der Waals surface area contributed by atoms with Crippen LogP contribution in [0.1, 0.15) is 0 Å². The van der Waals surface area contributed by atoms with E-state index in [1.165, 1.54) is 12.1 Å². The first-order chi connectivity index (χ1) is 8.75. The van der Waals surface area contributed by atoms with Crippen LogP contribution >= 0.6 is 0 Å². The van der Waals surface area contributed by atoms with Gasteiger partial charge in [0.25, 0.3) is 0 Å². The normalized spacial score (nSPS) is 10.7. The van der Waals surface area contributed by atoms with Gasteiger partial charge in [-0.15, -0.1) is 0 Å². The van der Waals surface area contributed by atoms with E-state index >= 15 is 0 Å². The van der Waals surface area contributed by atoms with Gasteiger partial charge in [0.15, 0.2) is 0 Å². The zero-order valence-corrected chi connectivity index (χ0v) is 9.22. The van der Waals surface area contributed by atoms with Crippen LogP contribution in [-0.4, -0.2) is 15.4 Å². The maximum atomic E-state index is 12.9. The van der Waals surface area contributed by atoms with Gasteiger partial charge in [0.1, 0.15) is 11.5 Å².